The van der Waals surface area contributed by atoms with Crippen molar-refractivity contribution in [2.45, 2.75) is 6.37 Å². The van der Waals surface area contributed by atoms with Gasteiger partial charge in [0.15, 0.2) is 11.5 Å². The van der Waals surface area contributed by atoms with Crippen molar-refractivity contribution < 1.29 is 27.7 Å². The fourth-order valence-corrected chi connectivity index (χ4v) is 1.23. The summed E-state index contributed by atoms with van der Waals surface area (Å²) in [7, 11) is -4.83. The van der Waals surface area contributed by atoms with Crippen LogP contribution in [0.4, 0.5) is 0 Å². The minimum absolute atomic E-state index is 0.319. The number of hydrogen-bond donors (Lipinski definition) is 3. The first-order valence-electron chi connectivity index (χ1n) is 5.64. The first kappa shape index (κ1) is 7.04. The van der Waals surface area contributed by atoms with Gasteiger partial charge >= 0.3 is 10.4 Å². The van der Waals surface area contributed by atoms with Crippen molar-refractivity contribution in [2.24, 2.45) is 5.73 Å². The van der Waals surface area contributed by atoms with Crippen LogP contribution >= 0.6 is 0 Å². The van der Waals surface area contributed by atoms with E-state index in [9.17, 15) is 13.5 Å². The number of benzene rings is 1. The Hall–Kier alpha value is -1.31. The Balaban J connectivity index is 3.21. The lowest BCUT2D eigenvalue weighted by Crippen LogP contribution is -2.07. The number of rotatable bonds is 4. The molecule has 0 unspecified atom stereocenters. The summed E-state index contributed by atoms with van der Waals surface area (Å²) in [6.45, 7) is -2.72. The Labute approximate surface area is 92.9 Å². The highest BCUT2D eigenvalue weighted by molar-refractivity contribution is 7.81. The minimum atomic E-state index is -4.83. The molecule has 0 radical (unpaired) electrons. The number of aryl methyl sites for hydroxylation is 1. The molecule has 0 fully saturated rings. The molecule has 0 aromatic heterocycles. The van der Waals surface area contributed by atoms with Gasteiger partial charge in [-0.2, -0.15) is 8.42 Å². The van der Waals surface area contributed by atoms with Gasteiger partial charge in [0.2, 0.25) is 0 Å². The summed E-state index contributed by atoms with van der Waals surface area (Å²) < 4.78 is 62.7. The zero-order chi connectivity index (χ0) is 15.1. The zero-order valence-corrected chi connectivity index (χ0v) is 8.15. The topological polar surface area (TPSA) is 110 Å². The highest BCUT2D eigenvalue weighted by atomic mass is 32.3. The van der Waals surface area contributed by atoms with E-state index in [0.717, 1.165) is 18.2 Å². The normalized spacial score (nSPS) is 17.2. The summed E-state index contributed by atoms with van der Waals surface area (Å²) >= 11 is 0. The SMILES string of the molecule is [2H]C([2H])(N)C([2H])([2H])c1ccc(OS(=O)(=O)O)c(O)c1. The van der Waals surface area contributed by atoms with E-state index in [-0.39, 0.29) is 5.56 Å². The van der Waals surface area contributed by atoms with Crippen molar-refractivity contribution >= 4 is 10.4 Å². The van der Waals surface area contributed by atoms with Crippen molar-refractivity contribution in [1.29, 1.82) is 0 Å². The summed E-state index contributed by atoms with van der Waals surface area (Å²) in [6, 6.07) is 2.60. The molecule has 0 aliphatic carbocycles. The van der Waals surface area contributed by atoms with Gasteiger partial charge in [-0.05, 0) is 30.6 Å². The number of nitrogens with two attached hydrogens (primary N) is 1. The molecule has 84 valence electrons. The number of phenolic OH excluding ortho intramolecular Hbond substituents is 1. The molecule has 0 aliphatic heterocycles. The average molecular weight is 237 g/mol. The smallest absolute Gasteiger partial charge is 0.446 e. The molecule has 1 aromatic carbocycles. The molecule has 4 N–H and O–H groups in total. The van der Waals surface area contributed by atoms with Crippen LogP contribution in [0, 0.1) is 0 Å². The highest BCUT2D eigenvalue weighted by Gasteiger charge is 2.11. The average Bonchev–Trinajstić information content (AvgIpc) is 2.17. The van der Waals surface area contributed by atoms with Gasteiger partial charge in [-0.3, -0.25) is 4.55 Å². The maximum Gasteiger partial charge on any atom is 0.446 e. The molecule has 0 aliphatic rings. The molecule has 1 rings (SSSR count). The molecule has 0 saturated carbocycles. The van der Waals surface area contributed by atoms with Crippen LogP contribution in [0.5, 0.6) is 11.5 Å². The van der Waals surface area contributed by atoms with E-state index in [1.165, 1.54) is 0 Å². The van der Waals surface area contributed by atoms with E-state index in [2.05, 4.69) is 4.18 Å². The molecule has 0 heterocycles. The van der Waals surface area contributed by atoms with Gasteiger partial charge in [0.25, 0.3) is 0 Å². The van der Waals surface area contributed by atoms with Crippen molar-refractivity contribution in [3.63, 3.8) is 0 Å². The van der Waals surface area contributed by atoms with Crippen molar-refractivity contribution in [3.05, 3.63) is 23.8 Å². The lowest BCUT2D eigenvalue weighted by atomic mass is 10.1. The quantitative estimate of drug-likeness (QED) is 0.639. The summed E-state index contributed by atoms with van der Waals surface area (Å²) in [5.41, 5.74) is 4.73. The summed E-state index contributed by atoms with van der Waals surface area (Å²) in [6.07, 6.45) is -2.62. The largest absolute Gasteiger partial charge is 0.504 e. The lowest BCUT2D eigenvalue weighted by Gasteiger charge is -2.05. The number of phenols is 1. The van der Waals surface area contributed by atoms with Gasteiger partial charge in [-0.25, -0.2) is 0 Å². The second-order valence-corrected chi connectivity index (χ2v) is 3.49. The Kier molecular flexibility index (Phi) is 2.10. The van der Waals surface area contributed by atoms with Crippen LogP contribution in [0.1, 0.15) is 11.0 Å². The molecule has 15 heavy (non-hydrogen) atoms. The fourth-order valence-electron chi connectivity index (χ4n) is 0.862. The Bertz CT molecular complexity index is 583. The van der Waals surface area contributed by atoms with Gasteiger partial charge in [0.05, 0.1) is 0 Å². The molecular formula is C8H11NO5S. The number of hydrogen-bond acceptors (Lipinski definition) is 5. The monoisotopic (exact) mass is 237 g/mol. The molecule has 1 aromatic rings. The van der Waals surface area contributed by atoms with Gasteiger partial charge in [-0.1, -0.05) is 6.07 Å². The van der Waals surface area contributed by atoms with Crippen molar-refractivity contribution in [2.75, 3.05) is 6.50 Å². The Morgan fingerprint density at radius 1 is 1.53 bits per heavy atom. The van der Waals surface area contributed by atoms with Gasteiger partial charge in [0, 0.05) is 5.48 Å². The molecule has 0 amide bonds. The molecule has 7 heteroatoms. The third-order valence-electron chi connectivity index (χ3n) is 1.37. The van der Waals surface area contributed by atoms with Gasteiger partial charge in [0.1, 0.15) is 0 Å². The molecule has 0 bridgehead atoms. The minimum Gasteiger partial charge on any atom is -0.504 e. The van der Waals surface area contributed by atoms with E-state index in [0.29, 0.717) is 0 Å². The molecule has 0 saturated heterocycles. The highest BCUT2D eigenvalue weighted by Crippen LogP contribution is 2.27. The maximum atomic E-state index is 10.5. The third-order valence-corrected chi connectivity index (χ3v) is 1.76. The summed E-state index contributed by atoms with van der Waals surface area (Å²) in [4.78, 5) is 0. The second-order valence-electron chi connectivity index (χ2n) is 2.46. The predicted octanol–water partition coefficient (Wildman–Crippen LogP) is 0.0750. The van der Waals surface area contributed by atoms with E-state index in [1.807, 2.05) is 0 Å². The van der Waals surface area contributed by atoms with Crippen LogP contribution in [0.25, 0.3) is 0 Å². The van der Waals surface area contributed by atoms with Crippen molar-refractivity contribution in [3.8, 4) is 11.5 Å². The Morgan fingerprint density at radius 2 is 2.20 bits per heavy atom. The molecule has 0 spiro atoms. The van der Waals surface area contributed by atoms with E-state index in [1.54, 1.807) is 0 Å². The van der Waals surface area contributed by atoms with Crippen LogP contribution in [-0.4, -0.2) is 24.6 Å². The van der Waals surface area contributed by atoms with Gasteiger partial charge < -0.3 is 15.0 Å². The van der Waals surface area contributed by atoms with Crippen LogP contribution in [0.2, 0.25) is 0 Å². The first-order valence-corrected chi connectivity index (χ1v) is 5.00. The zero-order valence-electron chi connectivity index (χ0n) is 11.3. The second kappa shape index (κ2) is 4.47. The van der Waals surface area contributed by atoms with Crippen molar-refractivity contribution in [1.82, 2.24) is 0 Å². The van der Waals surface area contributed by atoms with Gasteiger partial charge in [-0.15, -0.1) is 0 Å². The van der Waals surface area contributed by atoms with Crippen LogP contribution in [0.15, 0.2) is 18.2 Å². The van der Waals surface area contributed by atoms with E-state index >= 15 is 0 Å². The van der Waals surface area contributed by atoms with E-state index in [4.69, 9.17) is 15.8 Å². The summed E-state index contributed by atoms with van der Waals surface area (Å²) in [5.74, 6) is -1.41. The third kappa shape index (κ3) is 3.74. The lowest BCUT2D eigenvalue weighted by molar-refractivity contribution is 0.371. The molecule has 0 atom stereocenters. The van der Waals surface area contributed by atoms with Crippen LogP contribution < -0.4 is 9.92 Å². The standard InChI is InChI=1S/C8H11NO5S/c9-4-3-6-1-2-8(7(10)5-6)14-15(11,12)13/h1-2,5,10H,3-4,9H2,(H,11,12,13)/i3D2,4D2. The fraction of sp³-hybridized carbons (Fsp3) is 0.250. The van der Waals surface area contributed by atoms with Crippen LogP contribution in [0.3, 0.4) is 0 Å². The van der Waals surface area contributed by atoms with E-state index < -0.39 is 34.8 Å². The Morgan fingerprint density at radius 3 is 2.67 bits per heavy atom. The first-order chi connectivity index (χ1) is 8.34. The maximum absolute atomic E-state index is 10.5. The molecule has 6 nitrogen and oxygen atoms in total. The number of aromatic hydroxyl groups is 1. The molecular weight excluding hydrogens is 222 g/mol. The summed E-state index contributed by atoms with van der Waals surface area (Å²) in [5, 5.41) is 9.45. The predicted molar refractivity (Wildman–Crippen MR) is 53.0 cm³/mol. The van der Waals surface area contributed by atoms with Crippen LogP contribution in [-0.2, 0) is 16.8 Å².